The molecule has 2 aliphatic heterocycles. The lowest BCUT2D eigenvalue weighted by Crippen LogP contribution is -2.44. The molecule has 1 aromatic carbocycles. The van der Waals surface area contributed by atoms with Crippen LogP contribution in [0.4, 0.5) is 11.4 Å². The summed E-state index contributed by atoms with van der Waals surface area (Å²) in [4.78, 5) is 17.2. The maximum atomic E-state index is 12.5. The Morgan fingerprint density at radius 2 is 1.91 bits per heavy atom. The van der Waals surface area contributed by atoms with Gasteiger partial charge in [0, 0.05) is 50.3 Å². The zero-order valence-corrected chi connectivity index (χ0v) is 14.3. The Kier molecular flexibility index (Phi) is 5.41. The van der Waals surface area contributed by atoms with Crippen LogP contribution in [0.1, 0.15) is 12.8 Å². The third kappa shape index (κ3) is 4.16. The lowest BCUT2D eigenvalue weighted by molar-refractivity contribution is -0.122. The Hall–Kier alpha value is -1.30. The summed E-state index contributed by atoms with van der Waals surface area (Å²) < 4.78 is 5.33. The van der Waals surface area contributed by atoms with Gasteiger partial charge in [-0.3, -0.25) is 4.79 Å². The number of anilines is 2. The summed E-state index contributed by atoms with van der Waals surface area (Å²) in [5, 5.41) is 3.74. The maximum absolute atomic E-state index is 12.5. The zero-order valence-electron chi connectivity index (χ0n) is 13.6. The average Bonchev–Trinajstić information content (AvgIpc) is 2.57. The van der Waals surface area contributed by atoms with E-state index >= 15 is 0 Å². The largest absolute Gasteiger partial charge is 0.381 e. The predicted octanol–water partition coefficient (Wildman–Crippen LogP) is 2.46. The molecule has 2 fully saturated rings. The first-order valence-corrected chi connectivity index (χ1v) is 8.63. The van der Waals surface area contributed by atoms with E-state index < -0.39 is 0 Å². The molecule has 126 valence electrons. The molecule has 0 atom stereocenters. The van der Waals surface area contributed by atoms with E-state index in [0.29, 0.717) is 18.2 Å². The second kappa shape index (κ2) is 7.51. The molecule has 2 aliphatic rings. The molecule has 1 aromatic rings. The van der Waals surface area contributed by atoms with Crippen molar-refractivity contribution in [2.45, 2.75) is 12.8 Å². The predicted molar refractivity (Wildman–Crippen MR) is 93.3 cm³/mol. The molecule has 0 bridgehead atoms. The second-order valence-electron chi connectivity index (χ2n) is 6.33. The minimum atomic E-state index is 0.0306. The van der Waals surface area contributed by atoms with Crippen molar-refractivity contribution in [1.29, 1.82) is 0 Å². The fraction of sp³-hybridized carbons (Fsp3) is 0.588. The molecule has 23 heavy (non-hydrogen) atoms. The number of carbonyl (C=O) groups excluding carboxylic acids is 1. The molecule has 0 aromatic heterocycles. The van der Waals surface area contributed by atoms with Gasteiger partial charge in [0.15, 0.2) is 0 Å². The number of nitrogens with zero attached hydrogens (tertiary/aromatic N) is 2. The van der Waals surface area contributed by atoms with Crippen molar-refractivity contribution in [2.75, 3.05) is 56.7 Å². The third-order valence-corrected chi connectivity index (χ3v) is 4.89. The molecule has 3 rings (SSSR count). The van der Waals surface area contributed by atoms with Gasteiger partial charge in [0.05, 0.1) is 11.4 Å². The number of carbonyl (C=O) groups is 1. The van der Waals surface area contributed by atoms with Gasteiger partial charge in [-0.1, -0.05) is 11.6 Å². The van der Waals surface area contributed by atoms with Gasteiger partial charge in [0.2, 0.25) is 5.91 Å². The first-order chi connectivity index (χ1) is 11.1. The summed E-state index contributed by atoms with van der Waals surface area (Å²) in [7, 11) is 2.13. The summed E-state index contributed by atoms with van der Waals surface area (Å²) in [5.74, 6) is 0.106. The van der Waals surface area contributed by atoms with Crippen LogP contribution < -0.4 is 10.2 Å². The number of amides is 1. The molecule has 0 aliphatic carbocycles. The normalized spacial score (nSPS) is 20.5. The number of nitrogens with one attached hydrogen (secondary N) is 1. The minimum Gasteiger partial charge on any atom is -0.381 e. The van der Waals surface area contributed by atoms with E-state index in [0.717, 1.165) is 50.4 Å². The van der Waals surface area contributed by atoms with Gasteiger partial charge in [-0.25, -0.2) is 0 Å². The second-order valence-corrected chi connectivity index (χ2v) is 6.76. The SMILES string of the molecule is CN1CCN(c2ccc(Cl)cc2NC(=O)C2CCOCC2)CC1. The Morgan fingerprint density at radius 3 is 2.61 bits per heavy atom. The van der Waals surface area contributed by atoms with Crippen LogP contribution in [0, 0.1) is 5.92 Å². The zero-order chi connectivity index (χ0) is 16.2. The van der Waals surface area contributed by atoms with Crippen LogP contribution in [0.15, 0.2) is 18.2 Å². The monoisotopic (exact) mass is 337 g/mol. The number of benzene rings is 1. The highest BCUT2D eigenvalue weighted by molar-refractivity contribution is 6.31. The molecular weight excluding hydrogens is 314 g/mol. The lowest BCUT2D eigenvalue weighted by atomic mass is 9.99. The number of rotatable bonds is 3. The molecule has 2 heterocycles. The molecule has 6 heteroatoms. The molecule has 0 unspecified atom stereocenters. The van der Waals surface area contributed by atoms with Crippen molar-refractivity contribution >= 4 is 28.9 Å². The first kappa shape index (κ1) is 16.6. The van der Waals surface area contributed by atoms with Crippen LogP contribution >= 0.6 is 11.6 Å². The first-order valence-electron chi connectivity index (χ1n) is 8.25. The molecule has 0 saturated carbocycles. The molecule has 0 spiro atoms. The fourth-order valence-corrected chi connectivity index (χ4v) is 3.30. The molecule has 0 radical (unpaired) electrons. The number of hydrogen-bond acceptors (Lipinski definition) is 4. The van der Waals surface area contributed by atoms with Crippen LogP contribution in [0.25, 0.3) is 0 Å². The summed E-state index contributed by atoms with van der Waals surface area (Å²) in [5.41, 5.74) is 1.88. The van der Waals surface area contributed by atoms with Crippen molar-refractivity contribution in [1.82, 2.24) is 4.90 Å². The van der Waals surface area contributed by atoms with E-state index in [1.54, 1.807) is 0 Å². The summed E-state index contributed by atoms with van der Waals surface area (Å²) >= 11 is 6.15. The number of hydrogen-bond donors (Lipinski definition) is 1. The Bertz CT molecular complexity index is 553. The molecular formula is C17H24ClN3O2. The highest BCUT2D eigenvalue weighted by Crippen LogP contribution is 2.31. The number of halogens is 1. The Labute approximate surface area is 142 Å². The quantitative estimate of drug-likeness (QED) is 0.920. The Balaban J connectivity index is 1.74. The van der Waals surface area contributed by atoms with Crippen molar-refractivity contribution in [3.05, 3.63) is 23.2 Å². The Morgan fingerprint density at radius 1 is 1.22 bits per heavy atom. The van der Waals surface area contributed by atoms with Gasteiger partial charge in [-0.05, 0) is 38.1 Å². The summed E-state index contributed by atoms with van der Waals surface area (Å²) in [6.07, 6.45) is 1.58. The van der Waals surface area contributed by atoms with E-state index in [4.69, 9.17) is 16.3 Å². The molecule has 5 nitrogen and oxygen atoms in total. The van der Waals surface area contributed by atoms with Gasteiger partial charge in [-0.2, -0.15) is 0 Å². The standard InChI is InChI=1S/C17H24ClN3O2/c1-20-6-8-21(9-7-20)16-3-2-14(18)12-15(16)19-17(22)13-4-10-23-11-5-13/h2-3,12-13H,4-11H2,1H3,(H,19,22). The minimum absolute atomic E-state index is 0.0306. The van der Waals surface area contributed by atoms with Gasteiger partial charge in [0.1, 0.15) is 0 Å². The highest BCUT2D eigenvalue weighted by atomic mass is 35.5. The molecule has 1 amide bonds. The van der Waals surface area contributed by atoms with Crippen LogP contribution in [0.3, 0.4) is 0 Å². The lowest BCUT2D eigenvalue weighted by Gasteiger charge is -2.35. The van der Waals surface area contributed by atoms with Crippen molar-refractivity contribution < 1.29 is 9.53 Å². The third-order valence-electron chi connectivity index (χ3n) is 4.65. The number of piperazine rings is 1. The van der Waals surface area contributed by atoms with Crippen LogP contribution in [0.2, 0.25) is 5.02 Å². The number of ether oxygens (including phenoxy) is 1. The average molecular weight is 338 g/mol. The summed E-state index contributed by atoms with van der Waals surface area (Å²) in [6.45, 7) is 5.29. The number of likely N-dealkylation sites (N-methyl/N-ethyl adjacent to an activating group) is 1. The van der Waals surface area contributed by atoms with Gasteiger partial charge in [-0.15, -0.1) is 0 Å². The van der Waals surface area contributed by atoms with Crippen molar-refractivity contribution in [2.24, 2.45) is 5.92 Å². The topological polar surface area (TPSA) is 44.8 Å². The van der Waals surface area contributed by atoms with Crippen molar-refractivity contribution in [3.63, 3.8) is 0 Å². The van der Waals surface area contributed by atoms with Gasteiger partial charge < -0.3 is 19.9 Å². The van der Waals surface area contributed by atoms with Crippen LogP contribution in [0.5, 0.6) is 0 Å². The van der Waals surface area contributed by atoms with E-state index in [2.05, 4.69) is 22.2 Å². The van der Waals surface area contributed by atoms with E-state index in [1.165, 1.54) is 0 Å². The fourth-order valence-electron chi connectivity index (χ4n) is 3.13. The van der Waals surface area contributed by atoms with Gasteiger partial charge in [0.25, 0.3) is 0 Å². The van der Waals surface area contributed by atoms with Crippen molar-refractivity contribution in [3.8, 4) is 0 Å². The molecule has 2 saturated heterocycles. The van der Waals surface area contributed by atoms with Gasteiger partial charge >= 0.3 is 0 Å². The van der Waals surface area contributed by atoms with Crippen LogP contribution in [-0.4, -0.2) is 57.2 Å². The van der Waals surface area contributed by atoms with E-state index in [-0.39, 0.29) is 11.8 Å². The summed E-state index contributed by atoms with van der Waals surface area (Å²) in [6, 6.07) is 5.75. The smallest absolute Gasteiger partial charge is 0.227 e. The highest BCUT2D eigenvalue weighted by Gasteiger charge is 2.24. The maximum Gasteiger partial charge on any atom is 0.227 e. The van der Waals surface area contributed by atoms with E-state index in [9.17, 15) is 4.79 Å². The molecule has 1 N–H and O–H groups in total. The van der Waals surface area contributed by atoms with E-state index in [1.807, 2.05) is 18.2 Å². The van der Waals surface area contributed by atoms with Crippen LogP contribution in [-0.2, 0) is 9.53 Å².